The highest BCUT2D eigenvalue weighted by Crippen LogP contribution is 2.56. The molecule has 19 heavy (non-hydrogen) atoms. The molecule has 2 saturated carbocycles. The van der Waals surface area contributed by atoms with E-state index in [1.54, 1.807) is 11.8 Å². The largest absolute Gasteiger partial charge is 0.480 e. The van der Waals surface area contributed by atoms with Gasteiger partial charge < -0.3 is 10.0 Å². The number of likely N-dealkylation sites (tertiary alicyclic amines) is 1. The van der Waals surface area contributed by atoms with Gasteiger partial charge in [-0.15, -0.1) is 0 Å². The minimum Gasteiger partial charge on any atom is -0.480 e. The van der Waals surface area contributed by atoms with E-state index in [1.165, 1.54) is 25.7 Å². The summed E-state index contributed by atoms with van der Waals surface area (Å²) in [6, 6.07) is 0. The van der Waals surface area contributed by atoms with E-state index in [2.05, 4.69) is 0 Å². The Kier molecular flexibility index (Phi) is 3.06. The summed E-state index contributed by atoms with van der Waals surface area (Å²) >= 11 is 0. The number of hydrogen-bond acceptors (Lipinski definition) is 2. The fourth-order valence-electron chi connectivity index (χ4n) is 4.24. The highest BCUT2D eigenvalue weighted by atomic mass is 16.4. The number of carbonyl (C=O) groups is 2. The van der Waals surface area contributed by atoms with Crippen molar-refractivity contribution in [2.75, 3.05) is 6.54 Å². The molecule has 3 rings (SSSR count). The lowest BCUT2D eigenvalue weighted by Crippen LogP contribution is -2.58. The smallest absolute Gasteiger partial charge is 0.329 e. The normalized spacial score (nSPS) is 41.5. The van der Waals surface area contributed by atoms with Crippen LogP contribution in [0, 0.1) is 17.8 Å². The van der Waals surface area contributed by atoms with Crippen molar-refractivity contribution < 1.29 is 14.7 Å². The number of carboxylic acids is 1. The molecular formula is C15H23NO3. The molecule has 3 fully saturated rings. The third-order valence-corrected chi connectivity index (χ3v) is 5.56. The van der Waals surface area contributed by atoms with Crippen molar-refractivity contribution in [2.45, 2.75) is 57.4 Å². The summed E-state index contributed by atoms with van der Waals surface area (Å²) in [5.74, 6) is 0.535. The van der Waals surface area contributed by atoms with E-state index in [4.69, 9.17) is 0 Å². The first-order valence-electron chi connectivity index (χ1n) is 7.60. The number of hydrogen-bond donors (Lipinski definition) is 1. The number of aliphatic carboxylic acids is 1. The maximum absolute atomic E-state index is 12.7. The Balaban J connectivity index is 1.76. The summed E-state index contributed by atoms with van der Waals surface area (Å²) in [5, 5.41) is 9.48. The van der Waals surface area contributed by atoms with E-state index < -0.39 is 11.5 Å². The Labute approximate surface area is 114 Å². The molecule has 0 aromatic heterocycles. The minimum absolute atomic E-state index is 0.126. The lowest BCUT2D eigenvalue weighted by molar-refractivity contribution is -0.161. The Hall–Kier alpha value is -1.06. The molecule has 1 aliphatic heterocycles. The van der Waals surface area contributed by atoms with Gasteiger partial charge >= 0.3 is 5.97 Å². The van der Waals surface area contributed by atoms with Crippen molar-refractivity contribution in [1.82, 2.24) is 4.90 Å². The number of piperidine rings is 1. The van der Waals surface area contributed by atoms with Gasteiger partial charge in [-0.1, -0.05) is 12.8 Å². The van der Waals surface area contributed by atoms with Gasteiger partial charge in [0.2, 0.25) is 5.91 Å². The SMILES string of the molecule is CC1(C(=O)O)CCCCN1C(=O)C1C2CCCCC21. The second-order valence-corrected chi connectivity index (χ2v) is 6.66. The van der Waals surface area contributed by atoms with Gasteiger partial charge in [0.25, 0.3) is 0 Å². The molecule has 3 aliphatic rings. The monoisotopic (exact) mass is 265 g/mol. The molecule has 1 heterocycles. The van der Waals surface area contributed by atoms with Crippen molar-refractivity contribution in [3.8, 4) is 0 Å². The lowest BCUT2D eigenvalue weighted by Gasteiger charge is -2.42. The zero-order valence-corrected chi connectivity index (χ0v) is 11.6. The molecule has 1 N–H and O–H groups in total. The molecule has 0 radical (unpaired) electrons. The first kappa shape index (κ1) is 12.9. The molecule has 0 bridgehead atoms. The van der Waals surface area contributed by atoms with Gasteiger partial charge in [-0.3, -0.25) is 4.79 Å². The highest BCUT2D eigenvalue weighted by molar-refractivity contribution is 5.89. The number of rotatable bonds is 2. The Morgan fingerprint density at radius 3 is 2.32 bits per heavy atom. The van der Waals surface area contributed by atoms with Gasteiger partial charge in [-0.25, -0.2) is 4.79 Å². The van der Waals surface area contributed by atoms with E-state index in [0.29, 0.717) is 24.8 Å². The molecular weight excluding hydrogens is 242 g/mol. The molecule has 4 heteroatoms. The van der Waals surface area contributed by atoms with Crippen LogP contribution in [-0.4, -0.2) is 34.0 Å². The Bertz CT molecular complexity index is 396. The second-order valence-electron chi connectivity index (χ2n) is 6.66. The van der Waals surface area contributed by atoms with Gasteiger partial charge in [0.15, 0.2) is 0 Å². The maximum atomic E-state index is 12.7. The Morgan fingerprint density at radius 1 is 1.11 bits per heavy atom. The quantitative estimate of drug-likeness (QED) is 0.833. The predicted octanol–water partition coefficient (Wildman–Crippen LogP) is 2.28. The fourth-order valence-corrected chi connectivity index (χ4v) is 4.24. The maximum Gasteiger partial charge on any atom is 0.329 e. The van der Waals surface area contributed by atoms with E-state index in [1.807, 2.05) is 0 Å². The third kappa shape index (κ3) is 1.96. The van der Waals surface area contributed by atoms with E-state index >= 15 is 0 Å². The van der Waals surface area contributed by atoms with Gasteiger partial charge in [0.05, 0.1) is 0 Å². The number of amides is 1. The number of carboxylic acid groups (broad SMARTS) is 1. The van der Waals surface area contributed by atoms with Crippen LogP contribution < -0.4 is 0 Å². The molecule has 1 amide bonds. The predicted molar refractivity (Wildman–Crippen MR) is 70.5 cm³/mol. The topological polar surface area (TPSA) is 57.6 Å². The van der Waals surface area contributed by atoms with Crippen LogP contribution in [-0.2, 0) is 9.59 Å². The number of fused-ring (bicyclic) bond motifs is 1. The average molecular weight is 265 g/mol. The van der Waals surface area contributed by atoms with Gasteiger partial charge in [-0.2, -0.15) is 0 Å². The zero-order chi connectivity index (χ0) is 13.6. The van der Waals surface area contributed by atoms with Crippen molar-refractivity contribution in [2.24, 2.45) is 17.8 Å². The van der Waals surface area contributed by atoms with Crippen molar-refractivity contribution in [3.05, 3.63) is 0 Å². The molecule has 3 unspecified atom stereocenters. The van der Waals surface area contributed by atoms with E-state index in [0.717, 1.165) is 12.8 Å². The fraction of sp³-hybridized carbons (Fsp3) is 0.867. The minimum atomic E-state index is -0.971. The molecule has 0 spiro atoms. The molecule has 4 nitrogen and oxygen atoms in total. The Morgan fingerprint density at radius 2 is 1.74 bits per heavy atom. The van der Waals surface area contributed by atoms with Gasteiger partial charge in [0, 0.05) is 12.5 Å². The van der Waals surface area contributed by atoms with Crippen molar-refractivity contribution >= 4 is 11.9 Å². The summed E-state index contributed by atoms with van der Waals surface area (Å²) in [6.45, 7) is 2.34. The van der Waals surface area contributed by atoms with Crippen LogP contribution in [0.5, 0.6) is 0 Å². The summed E-state index contributed by atoms with van der Waals surface area (Å²) in [7, 11) is 0. The van der Waals surface area contributed by atoms with Crippen molar-refractivity contribution in [1.29, 1.82) is 0 Å². The van der Waals surface area contributed by atoms with E-state index in [9.17, 15) is 14.7 Å². The van der Waals surface area contributed by atoms with Gasteiger partial charge in [-0.05, 0) is 50.9 Å². The van der Waals surface area contributed by atoms with Crippen LogP contribution in [0.25, 0.3) is 0 Å². The summed E-state index contributed by atoms with van der Waals surface area (Å²) in [4.78, 5) is 25.9. The lowest BCUT2D eigenvalue weighted by atomic mass is 9.88. The first-order valence-corrected chi connectivity index (χ1v) is 7.60. The first-order chi connectivity index (χ1) is 9.05. The molecule has 0 aromatic rings. The summed E-state index contributed by atoms with van der Waals surface area (Å²) in [6.07, 6.45) is 7.25. The molecule has 3 atom stereocenters. The van der Waals surface area contributed by atoms with E-state index in [-0.39, 0.29) is 11.8 Å². The third-order valence-electron chi connectivity index (χ3n) is 5.56. The van der Waals surface area contributed by atoms with Gasteiger partial charge in [0.1, 0.15) is 5.54 Å². The standard InChI is InChI=1S/C15H23NO3/c1-15(14(18)19)8-4-5-9-16(15)13(17)12-10-6-2-3-7-11(10)12/h10-12H,2-9H2,1H3,(H,18,19). The van der Waals surface area contributed by atoms with Crippen LogP contribution in [0.15, 0.2) is 0 Å². The zero-order valence-electron chi connectivity index (χ0n) is 11.6. The van der Waals surface area contributed by atoms with Crippen LogP contribution >= 0.6 is 0 Å². The van der Waals surface area contributed by atoms with Crippen LogP contribution in [0.1, 0.15) is 51.9 Å². The molecule has 2 aliphatic carbocycles. The highest BCUT2D eigenvalue weighted by Gasteiger charge is 2.58. The van der Waals surface area contributed by atoms with Crippen LogP contribution in [0.3, 0.4) is 0 Å². The summed E-state index contributed by atoms with van der Waals surface area (Å²) in [5.41, 5.74) is -0.971. The van der Waals surface area contributed by atoms with Crippen LogP contribution in [0.4, 0.5) is 0 Å². The molecule has 0 aromatic carbocycles. The average Bonchev–Trinajstić information content (AvgIpc) is 3.12. The number of carbonyl (C=O) groups excluding carboxylic acids is 1. The summed E-state index contributed by atoms with van der Waals surface area (Å²) < 4.78 is 0. The number of nitrogens with zero attached hydrogens (tertiary/aromatic N) is 1. The van der Waals surface area contributed by atoms with Crippen molar-refractivity contribution in [3.63, 3.8) is 0 Å². The van der Waals surface area contributed by atoms with Crippen LogP contribution in [0.2, 0.25) is 0 Å². The molecule has 106 valence electrons. The molecule has 1 saturated heterocycles. The second kappa shape index (κ2) is 4.50.